The van der Waals surface area contributed by atoms with Crippen LogP contribution in [-0.2, 0) is 9.47 Å². The summed E-state index contributed by atoms with van der Waals surface area (Å²) in [6.45, 7) is 2.16. The molecule has 0 radical (unpaired) electrons. The van der Waals surface area contributed by atoms with Gasteiger partial charge in [0.1, 0.15) is 11.5 Å². The number of benzene rings is 1. The molecule has 0 N–H and O–H groups in total. The summed E-state index contributed by atoms with van der Waals surface area (Å²) in [6.07, 6.45) is 1.63. The van der Waals surface area contributed by atoms with Gasteiger partial charge in [0.2, 0.25) is 0 Å². The van der Waals surface area contributed by atoms with E-state index in [0.29, 0.717) is 6.61 Å². The van der Waals surface area contributed by atoms with E-state index in [4.69, 9.17) is 18.9 Å². The molecule has 2 rings (SSSR count). The largest absolute Gasteiger partial charge is 0.497 e. The molecule has 0 atom stereocenters. The van der Waals surface area contributed by atoms with Crippen molar-refractivity contribution in [3.63, 3.8) is 0 Å². The van der Waals surface area contributed by atoms with E-state index in [1.165, 1.54) is 0 Å². The van der Waals surface area contributed by atoms with E-state index >= 15 is 0 Å². The van der Waals surface area contributed by atoms with Crippen molar-refractivity contribution in [1.29, 1.82) is 0 Å². The Morgan fingerprint density at radius 3 is 2.41 bits per heavy atom. The maximum atomic E-state index is 5.59. The maximum absolute atomic E-state index is 5.59. The van der Waals surface area contributed by atoms with Crippen LogP contribution in [0.1, 0.15) is 12.8 Å². The maximum Gasteiger partial charge on any atom is 0.160 e. The molecule has 94 valence electrons. The van der Waals surface area contributed by atoms with Gasteiger partial charge in [0, 0.05) is 6.42 Å². The Morgan fingerprint density at radius 2 is 1.76 bits per heavy atom. The van der Waals surface area contributed by atoms with Crippen LogP contribution in [0, 0.1) is 0 Å². The van der Waals surface area contributed by atoms with Gasteiger partial charge in [-0.15, -0.1) is 0 Å². The molecule has 0 amide bonds. The number of ether oxygens (including phenoxy) is 4. The topological polar surface area (TPSA) is 36.9 Å². The molecule has 0 bridgehead atoms. The lowest BCUT2D eigenvalue weighted by Crippen LogP contribution is -2.26. The van der Waals surface area contributed by atoms with E-state index < -0.39 is 0 Å². The second-order valence-corrected chi connectivity index (χ2v) is 3.84. The first kappa shape index (κ1) is 12.2. The van der Waals surface area contributed by atoms with Crippen LogP contribution >= 0.6 is 0 Å². The molecule has 4 nitrogen and oxygen atoms in total. The highest BCUT2D eigenvalue weighted by Gasteiger charge is 2.13. The predicted molar refractivity (Wildman–Crippen MR) is 63.4 cm³/mol. The highest BCUT2D eigenvalue weighted by atomic mass is 16.7. The number of rotatable bonds is 5. The van der Waals surface area contributed by atoms with Crippen molar-refractivity contribution in [3.05, 3.63) is 24.3 Å². The Bertz CT molecular complexity index is 317. The minimum atomic E-state index is -0.109. The fourth-order valence-electron chi connectivity index (χ4n) is 1.65. The van der Waals surface area contributed by atoms with Crippen molar-refractivity contribution in [2.75, 3.05) is 26.9 Å². The lowest BCUT2D eigenvalue weighted by Gasteiger charge is -2.23. The van der Waals surface area contributed by atoms with Crippen molar-refractivity contribution in [3.8, 4) is 11.5 Å². The van der Waals surface area contributed by atoms with Crippen molar-refractivity contribution in [2.45, 2.75) is 19.1 Å². The first-order valence-corrected chi connectivity index (χ1v) is 5.88. The van der Waals surface area contributed by atoms with Crippen molar-refractivity contribution in [2.24, 2.45) is 0 Å². The van der Waals surface area contributed by atoms with Crippen LogP contribution < -0.4 is 9.47 Å². The first-order valence-electron chi connectivity index (χ1n) is 5.88. The molecular weight excluding hydrogens is 220 g/mol. The molecular formula is C13H18O4. The molecule has 0 spiro atoms. The fourth-order valence-corrected chi connectivity index (χ4v) is 1.65. The van der Waals surface area contributed by atoms with Crippen molar-refractivity contribution >= 4 is 0 Å². The Kier molecular flexibility index (Phi) is 4.64. The normalized spacial score (nSPS) is 16.8. The number of hydrogen-bond acceptors (Lipinski definition) is 4. The summed E-state index contributed by atoms with van der Waals surface area (Å²) in [5.74, 6) is 1.66. The van der Waals surface area contributed by atoms with Gasteiger partial charge in [-0.1, -0.05) is 0 Å². The average molecular weight is 238 g/mol. The van der Waals surface area contributed by atoms with Gasteiger partial charge in [0.05, 0.1) is 26.9 Å². The molecule has 1 saturated heterocycles. The van der Waals surface area contributed by atoms with Crippen LogP contribution in [0.25, 0.3) is 0 Å². The third-order valence-corrected chi connectivity index (χ3v) is 2.58. The van der Waals surface area contributed by atoms with E-state index in [-0.39, 0.29) is 6.29 Å². The van der Waals surface area contributed by atoms with Gasteiger partial charge >= 0.3 is 0 Å². The molecule has 0 aromatic heterocycles. The zero-order chi connectivity index (χ0) is 11.9. The highest BCUT2D eigenvalue weighted by molar-refractivity contribution is 5.31. The third-order valence-electron chi connectivity index (χ3n) is 2.58. The molecule has 0 unspecified atom stereocenters. The number of hydrogen-bond donors (Lipinski definition) is 0. The molecule has 1 aliphatic heterocycles. The molecule has 1 aromatic rings. The summed E-state index contributed by atoms with van der Waals surface area (Å²) in [5.41, 5.74) is 0. The standard InChI is InChI=1S/C13H18O4/c1-14-11-3-5-12(6-4-11)15-10-7-13-16-8-2-9-17-13/h3-6,13H,2,7-10H2,1H3. The SMILES string of the molecule is COc1ccc(OCCC2OCCCO2)cc1. The van der Waals surface area contributed by atoms with E-state index in [1.807, 2.05) is 24.3 Å². The quantitative estimate of drug-likeness (QED) is 0.788. The first-order chi connectivity index (χ1) is 8.38. The second kappa shape index (κ2) is 6.47. The van der Waals surface area contributed by atoms with Gasteiger partial charge in [-0.2, -0.15) is 0 Å². The van der Waals surface area contributed by atoms with E-state index in [1.54, 1.807) is 7.11 Å². The van der Waals surface area contributed by atoms with Crippen LogP contribution in [0.3, 0.4) is 0 Å². The summed E-state index contributed by atoms with van der Waals surface area (Å²) < 4.78 is 21.5. The van der Waals surface area contributed by atoms with E-state index in [9.17, 15) is 0 Å². The smallest absolute Gasteiger partial charge is 0.160 e. The minimum Gasteiger partial charge on any atom is -0.497 e. The van der Waals surface area contributed by atoms with Gasteiger partial charge in [0.25, 0.3) is 0 Å². The van der Waals surface area contributed by atoms with Crippen LogP contribution in [0.5, 0.6) is 11.5 Å². The zero-order valence-corrected chi connectivity index (χ0v) is 10.1. The predicted octanol–water partition coefficient (Wildman–Crippen LogP) is 2.23. The molecule has 1 aromatic carbocycles. The van der Waals surface area contributed by atoms with Crippen LogP contribution in [-0.4, -0.2) is 33.2 Å². The van der Waals surface area contributed by atoms with Gasteiger partial charge in [0.15, 0.2) is 6.29 Å². The second-order valence-electron chi connectivity index (χ2n) is 3.84. The third kappa shape index (κ3) is 3.91. The van der Waals surface area contributed by atoms with E-state index in [2.05, 4.69) is 0 Å². The lowest BCUT2D eigenvalue weighted by molar-refractivity contribution is -0.183. The molecule has 0 saturated carbocycles. The molecule has 17 heavy (non-hydrogen) atoms. The average Bonchev–Trinajstić information content (AvgIpc) is 2.41. The van der Waals surface area contributed by atoms with Gasteiger partial charge in [-0.3, -0.25) is 0 Å². The van der Waals surface area contributed by atoms with Gasteiger partial charge in [-0.25, -0.2) is 0 Å². The molecule has 1 aliphatic rings. The summed E-state index contributed by atoms with van der Waals surface area (Å²) in [6, 6.07) is 7.54. The number of methoxy groups -OCH3 is 1. The monoisotopic (exact) mass is 238 g/mol. The fraction of sp³-hybridized carbons (Fsp3) is 0.538. The Morgan fingerprint density at radius 1 is 1.12 bits per heavy atom. The zero-order valence-electron chi connectivity index (χ0n) is 10.1. The molecule has 1 fully saturated rings. The highest BCUT2D eigenvalue weighted by Crippen LogP contribution is 2.17. The van der Waals surface area contributed by atoms with E-state index in [0.717, 1.165) is 37.6 Å². The molecule has 1 heterocycles. The van der Waals surface area contributed by atoms with Gasteiger partial charge in [-0.05, 0) is 30.7 Å². The van der Waals surface area contributed by atoms with Crippen LogP contribution in [0.2, 0.25) is 0 Å². The van der Waals surface area contributed by atoms with Crippen molar-refractivity contribution in [1.82, 2.24) is 0 Å². The Balaban J connectivity index is 1.69. The summed E-state index contributed by atoms with van der Waals surface area (Å²) >= 11 is 0. The summed E-state index contributed by atoms with van der Waals surface area (Å²) in [5, 5.41) is 0. The molecule has 4 heteroatoms. The van der Waals surface area contributed by atoms with Crippen molar-refractivity contribution < 1.29 is 18.9 Å². The minimum absolute atomic E-state index is 0.109. The Labute approximate surface area is 101 Å². The lowest BCUT2D eigenvalue weighted by atomic mass is 10.3. The van der Waals surface area contributed by atoms with Crippen LogP contribution in [0.4, 0.5) is 0 Å². The van der Waals surface area contributed by atoms with Gasteiger partial charge < -0.3 is 18.9 Å². The molecule has 0 aliphatic carbocycles. The summed E-state index contributed by atoms with van der Waals surface area (Å²) in [7, 11) is 1.65. The Hall–Kier alpha value is -1.26. The summed E-state index contributed by atoms with van der Waals surface area (Å²) in [4.78, 5) is 0. The van der Waals surface area contributed by atoms with Crippen LogP contribution in [0.15, 0.2) is 24.3 Å².